The number of aliphatic hydroxyl groups excluding tert-OH is 1. The molecule has 0 bridgehead atoms. The molecule has 0 saturated carbocycles. The number of carbonyl (C=O) groups is 1. The zero-order chi connectivity index (χ0) is 9.02. The average Bonchev–Trinajstić information content (AvgIpc) is 1.87. The lowest BCUT2D eigenvalue weighted by molar-refractivity contribution is -0.124. The predicted octanol–water partition coefficient (Wildman–Crippen LogP) is 1.62. The second-order valence-electron chi connectivity index (χ2n) is 3.64. The Morgan fingerprint density at radius 3 is 2.00 bits per heavy atom. The predicted molar refractivity (Wildman–Crippen MR) is 45.3 cm³/mol. The third kappa shape index (κ3) is 4.14. The van der Waals surface area contributed by atoms with E-state index in [-0.39, 0.29) is 17.6 Å². The second kappa shape index (κ2) is 4.50. The van der Waals surface area contributed by atoms with Crippen LogP contribution in [-0.2, 0) is 4.79 Å². The molecular weight excluding hydrogens is 140 g/mol. The lowest BCUT2D eigenvalue weighted by Gasteiger charge is -2.14. The van der Waals surface area contributed by atoms with Crippen LogP contribution in [-0.4, -0.2) is 17.0 Å². The summed E-state index contributed by atoms with van der Waals surface area (Å²) in [6, 6.07) is 0. The summed E-state index contributed by atoms with van der Waals surface area (Å²) in [5.41, 5.74) is 0. The number of carbonyl (C=O) groups excluding carboxylic acids is 1. The van der Waals surface area contributed by atoms with Crippen LogP contribution in [0.3, 0.4) is 0 Å². The minimum atomic E-state index is -0.468. The van der Waals surface area contributed by atoms with Gasteiger partial charge in [-0.1, -0.05) is 27.7 Å². The first-order valence-corrected chi connectivity index (χ1v) is 4.16. The van der Waals surface area contributed by atoms with E-state index < -0.39 is 6.10 Å². The summed E-state index contributed by atoms with van der Waals surface area (Å²) in [5.74, 6) is 0.368. The van der Waals surface area contributed by atoms with Crippen molar-refractivity contribution >= 4 is 5.78 Å². The quantitative estimate of drug-likeness (QED) is 0.675. The van der Waals surface area contributed by atoms with Gasteiger partial charge in [0.25, 0.3) is 0 Å². The molecule has 1 atom stereocenters. The van der Waals surface area contributed by atoms with Crippen molar-refractivity contribution in [3.8, 4) is 0 Å². The first-order valence-electron chi connectivity index (χ1n) is 4.16. The third-order valence-electron chi connectivity index (χ3n) is 1.82. The second-order valence-corrected chi connectivity index (χ2v) is 3.64. The van der Waals surface area contributed by atoms with Crippen molar-refractivity contribution in [2.24, 2.45) is 11.8 Å². The Bertz CT molecular complexity index is 128. The van der Waals surface area contributed by atoms with Gasteiger partial charge in [-0.15, -0.1) is 0 Å². The van der Waals surface area contributed by atoms with Crippen LogP contribution in [0.4, 0.5) is 0 Å². The summed E-state index contributed by atoms with van der Waals surface area (Å²) in [6.07, 6.45) is -0.167. The van der Waals surface area contributed by atoms with Gasteiger partial charge in [0.1, 0.15) is 5.78 Å². The summed E-state index contributed by atoms with van der Waals surface area (Å²) < 4.78 is 0. The van der Waals surface area contributed by atoms with E-state index in [1.54, 1.807) is 0 Å². The van der Waals surface area contributed by atoms with Crippen LogP contribution in [0.2, 0.25) is 0 Å². The molecule has 0 fully saturated rings. The number of Topliss-reactive ketones (excluding diaryl/α,β-unsaturated/α-hetero) is 1. The van der Waals surface area contributed by atoms with Crippen molar-refractivity contribution in [3.63, 3.8) is 0 Å². The normalized spacial score (nSPS) is 14.1. The van der Waals surface area contributed by atoms with E-state index in [2.05, 4.69) is 0 Å². The van der Waals surface area contributed by atoms with Gasteiger partial charge < -0.3 is 5.11 Å². The largest absolute Gasteiger partial charge is 0.392 e. The monoisotopic (exact) mass is 158 g/mol. The summed E-state index contributed by atoms with van der Waals surface area (Å²) in [7, 11) is 0. The van der Waals surface area contributed by atoms with Crippen molar-refractivity contribution in [1.82, 2.24) is 0 Å². The lowest BCUT2D eigenvalue weighted by atomic mass is 9.97. The lowest BCUT2D eigenvalue weighted by Crippen LogP contribution is -2.21. The highest BCUT2D eigenvalue weighted by Gasteiger charge is 2.15. The smallest absolute Gasteiger partial charge is 0.138 e. The van der Waals surface area contributed by atoms with Crippen LogP contribution >= 0.6 is 0 Å². The molecule has 0 aliphatic heterocycles. The van der Waals surface area contributed by atoms with Crippen LogP contribution < -0.4 is 0 Å². The Morgan fingerprint density at radius 2 is 1.73 bits per heavy atom. The van der Waals surface area contributed by atoms with Gasteiger partial charge in [-0.05, 0) is 5.92 Å². The molecule has 66 valence electrons. The topological polar surface area (TPSA) is 37.3 Å². The maximum absolute atomic E-state index is 11.1. The van der Waals surface area contributed by atoms with Gasteiger partial charge in [-0.2, -0.15) is 0 Å². The Balaban J connectivity index is 3.76. The molecule has 0 saturated heterocycles. The summed E-state index contributed by atoms with van der Waals surface area (Å²) in [5, 5.41) is 9.32. The molecule has 0 aromatic carbocycles. The molecule has 0 aliphatic carbocycles. The standard InChI is InChI=1S/C9H18O2/c1-6(2)8(10)5-9(11)7(3)4/h6-8,10H,5H2,1-4H3/t8-/m1/s1. The molecule has 0 rings (SSSR count). The molecule has 0 radical (unpaired) electrons. The van der Waals surface area contributed by atoms with Crippen molar-refractivity contribution in [1.29, 1.82) is 0 Å². The summed E-state index contributed by atoms with van der Waals surface area (Å²) >= 11 is 0. The minimum absolute atomic E-state index is 0.0448. The minimum Gasteiger partial charge on any atom is -0.392 e. The van der Waals surface area contributed by atoms with Crippen molar-refractivity contribution in [2.75, 3.05) is 0 Å². The van der Waals surface area contributed by atoms with Gasteiger partial charge >= 0.3 is 0 Å². The van der Waals surface area contributed by atoms with Crippen LogP contribution in [0.15, 0.2) is 0 Å². The van der Waals surface area contributed by atoms with E-state index in [9.17, 15) is 9.90 Å². The molecule has 0 unspecified atom stereocenters. The summed E-state index contributed by atoms with van der Waals surface area (Å²) in [6.45, 7) is 7.54. The van der Waals surface area contributed by atoms with Gasteiger partial charge in [-0.3, -0.25) is 4.79 Å². The van der Waals surface area contributed by atoms with E-state index in [1.807, 2.05) is 27.7 Å². The highest BCUT2D eigenvalue weighted by molar-refractivity contribution is 5.80. The van der Waals surface area contributed by atoms with Crippen molar-refractivity contribution in [3.05, 3.63) is 0 Å². The maximum atomic E-state index is 11.1. The molecule has 11 heavy (non-hydrogen) atoms. The molecule has 0 aromatic rings. The van der Waals surface area contributed by atoms with Crippen LogP contribution in [0.1, 0.15) is 34.1 Å². The van der Waals surface area contributed by atoms with Gasteiger partial charge in [-0.25, -0.2) is 0 Å². The fourth-order valence-electron chi connectivity index (χ4n) is 0.678. The Kier molecular flexibility index (Phi) is 4.34. The molecule has 0 aromatic heterocycles. The first kappa shape index (κ1) is 10.6. The van der Waals surface area contributed by atoms with Crippen molar-refractivity contribution in [2.45, 2.75) is 40.2 Å². The Morgan fingerprint density at radius 1 is 1.27 bits per heavy atom. The van der Waals surface area contributed by atoms with Gasteiger partial charge in [0.05, 0.1) is 6.10 Å². The number of aliphatic hydroxyl groups is 1. The molecule has 0 spiro atoms. The van der Waals surface area contributed by atoms with Crippen LogP contribution in [0.25, 0.3) is 0 Å². The van der Waals surface area contributed by atoms with Gasteiger partial charge in [0.2, 0.25) is 0 Å². The highest BCUT2D eigenvalue weighted by Crippen LogP contribution is 2.09. The van der Waals surface area contributed by atoms with E-state index in [4.69, 9.17) is 0 Å². The maximum Gasteiger partial charge on any atom is 0.138 e. The molecule has 0 amide bonds. The highest BCUT2D eigenvalue weighted by atomic mass is 16.3. The fourth-order valence-corrected chi connectivity index (χ4v) is 0.678. The zero-order valence-electron chi connectivity index (χ0n) is 7.79. The molecule has 1 N–H and O–H groups in total. The molecule has 2 heteroatoms. The third-order valence-corrected chi connectivity index (χ3v) is 1.82. The SMILES string of the molecule is CC(C)C(=O)C[C@@H](O)C(C)C. The number of rotatable bonds is 4. The zero-order valence-corrected chi connectivity index (χ0v) is 7.79. The molecule has 2 nitrogen and oxygen atoms in total. The summed E-state index contributed by atoms with van der Waals surface area (Å²) in [4.78, 5) is 11.1. The van der Waals surface area contributed by atoms with Gasteiger partial charge in [0, 0.05) is 12.3 Å². The van der Waals surface area contributed by atoms with Crippen LogP contribution in [0.5, 0.6) is 0 Å². The fraction of sp³-hybridized carbons (Fsp3) is 0.889. The number of hydrogen-bond acceptors (Lipinski definition) is 2. The van der Waals surface area contributed by atoms with E-state index in [0.29, 0.717) is 6.42 Å². The Hall–Kier alpha value is -0.370. The molecule has 0 aliphatic rings. The van der Waals surface area contributed by atoms with Crippen molar-refractivity contribution < 1.29 is 9.90 Å². The number of ketones is 1. The first-order chi connectivity index (χ1) is 4.95. The van der Waals surface area contributed by atoms with Gasteiger partial charge in [0.15, 0.2) is 0 Å². The average molecular weight is 158 g/mol. The van der Waals surface area contributed by atoms with E-state index >= 15 is 0 Å². The Labute approximate surface area is 68.6 Å². The molecular formula is C9H18O2. The number of hydrogen-bond donors (Lipinski definition) is 1. The van der Waals surface area contributed by atoms with Crippen LogP contribution in [0, 0.1) is 11.8 Å². The van der Waals surface area contributed by atoms with E-state index in [1.165, 1.54) is 0 Å². The van der Waals surface area contributed by atoms with E-state index in [0.717, 1.165) is 0 Å². The molecule has 0 heterocycles.